The molecule has 0 bridgehead atoms. The van der Waals surface area contributed by atoms with Gasteiger partial charge in [-0.25, -0.2) is 0 Å². The lowest BCUT2D eigenvalue weighted by Crippen LogP contribution is -2.63. The number of hydrogen-bond acceptors (Lipinski definition) is 15. The summed E-state index contributed by atoms with van der Waals surface area (Å²) in [6.07, 6.45) is 1.62. The van der Waals surface area contributed by atoms with Gasteiger partial charge in [-0.1, -0.05) is 71.1 Å². The molecule has 0 radical (unpaired) electrons. The van der Waals surface area contributed by atoms with E-state index in [2.05, 4.69) is 18.9 Å². The van der Waals surface area contributed by atoms with Crippen LogP contribution in [0.1, 0.15) is 106 Å². The molecule has 0 aromatic heterocycles. The van der Waals surface area contributed by atoms with Gasteiger partial charge in [0.15, 0.2) is 18.4 Å². The molecular formula is C47H84N2O13. The standard InChI is InChI=1S/C47H84N2O13/c1-13-15-16-17-18-22-49(10)23-21-33-25-29(4)35(50)20-19-28(3)24-34(27-58-47-45(57-12)44(56-11)41(54)32(7)60-47)37(14-2)61-38(52)26-36(51)30(5)43(33)62-46-42(55)39(48(8)9)40(53)31(6)59-46/h19-20,24,29-34,36-37,39-47,51,53-55H,13-18,21-23,25-27H2,1-12H3/b20-19+,28-24+/t29-,30+,31?,32?,33+,34-,36-,37-,39?,40?,41?,42?,43-,44?,45?,46?,47?/m1/s1. The van der Waals surface area contributed by atoms with Gasteiger partial charge in [0.25, 0.3) is 0 Å². The van der Waals surface area contributed by atoms with Gasteiger partial charge in [-0.2, -0.15) is 0 Å². The molecule has 360 valence electrons. The lowest BCUT2D eigenvalue weighted by atomic mass is 9.79. The maximum Gasteiger partial charge on any atom is 0.308 e. The summed E-state index contributed by atoms with van der Waals surface area (Å²) in [6.45, 7) is 14.8. The van der Waals surface area contributed by atoms with Crippen molar-refractivity contribution in [2.45, 2.75) is 186 Å². The number of nitrogens with zero attached hydrogens (tertiary/aromatic N) is 2. The summed E-state index contributed by atoms with van der Waals surface area (Å²) in [5.41, 5.74) is 0.759. The van der Waals surface area contributed by atoms with Crippen molar-refractivity contribution in [2.75, 3.05) is 55.1 Å². The number of esters is 1. The SMILES string of the molecule is CCCCCCCN(C)CC[C@H]1C[C@@H](C)C(=O)/C=C/C(C)=C/[C@H](COC2OC(C)C(O)C(OC)C2OC)[C@@H](CC)OC(=O)C[C@@H](O)[C@H](C)[C@H]1OC1OC(C)C(O)C(N(C)C)C1O. The average molecular weight is 885 g/mol. The number of cyclic esters (lactones) is 1. The molecule has 3 heterocycles. The van der Waals surface area contributed by atoms with Gasteiger partial charge in [-0.3, -0.25) is 9.59 Å². The summed E-state index contributed by atoms with van der Waals surface area (Å²) in [6, 6.07) is -0.686. The van der Waals surface area contributed by atoms with E-state index in [1.54, 1.807) is 45.0 Å². The van der Waals surface area contributed by atoms with Crippen LogP contribution >= 0.6 is 0 Å². The van der Waals surface area contributed by atoms with E-state index in [0.717, 1.165) is 25.0 Å². The number of likely N-dealkylation sites (N-methyl/N-ethyl adjacent to an activating group) is 1. The number of rotatable bonds is 18. The molecule has 3 aliphatic heterocycles. The molecule has 3 aliphatic rings. The van der Waals surface area contributed by atoms with Crippen molar-refractivity contribution in [3.05, 3.63) is 23.8 Å². The van der Waals surface area contributed by atoms with E-state index in [1.165, 1.54) is 33.5 Å². The zero-order chi connectivity index (χ0) is 46.3. The third kappa shape index (κ3) is 15.6. The number of unbranched alkanes of at least 4 members (excludes halogenated alkanes) is 4. The molecule has 17 atom stereocenters. The number of aliphatic hydroxyl groups is 4. The van der Waals surface area contributed by atoms with Gasteiger partial charge in [-0.15, -0.1) is 0 Å². The first kappa shape index (κ1) is 54.5. The predicted octanol–water partition coefficient (Wildman–Crippen LogP) is 4.27. The fourth-order valence-corrected chi connectivity index (χ4v) is 9.17. The normalized spacial score (nSPS) is 39.7. The molecule has 10 unspecified atom stereocenters. The molecule has 62 heavy (non-hydrogen) atoms. The van der Waals surface area contributed by atoms with E-state index in [4.69, 9.17) is 33.2 Å². The Labute approximate surface area is 372 Å². The quantitative estimate of drug-likeness (QED) is 0.113. The van der Waals surface area contributed by atoms with Gasteiger partial charge in [0.05, 0.1) is 49.6 Å². The zero-order valence-corrected chi connectivity index (χ0v) is 39.9. The summed E-state index contributed by atoms with van der Waals surface area (Å²) >= 11 is 0. The topological polar surface area (TPSA) is 186 Å². The number of hydrogen-bond donors (Lipinski definition) is 4. The Morgan fingerprint density at radius 3 is 2.06 bits per heavy atom. The summed E-state index contributed by atoms with van der Waals surface area (Å²) in [5, 5.41) is 45.2. The smallest absolute Gasteiger partial charge is 0.308 e. The second-order valence-electron chi connectivity index (χ2n) is 18.5. The largest absolute Gasteiger partial charge is 0.462 e. The Morgan fingerprint density at radius 2 is 1.44 bits per heavy atom. The van der Waals surface area contributed by atoms with Gasteiger partial charge in [0.1, 0.15) is 30.5 Å². The minimum Gasteiger partial charge on any atom is -0.462 e. The Morgan fingerprint density at radius 1 is 0.790 bits per heavy atom. The Bertz CT molecular complexity index is 1380. The number of allylic oxidation sites excluding steroid dienone is 3. The number of ketones is 1. The summed E-state index contributed by atoms with van der Waals surface area (Å²) in [5.74, 6) is -2.58. The van der Waals surface area contributed by atoms with E-state index >= 15 is 0 Å². The van der Waals surface area contributed by atoms with E-state index in [9.17, 15) is 30.0 Å². The zero-order valence-electron chi connectivity index (χ0n) is 39.9. The van der Waals surface area contributed by atoms with Crippen LogP contribution in [0.3, 0.4) is 0 Å². The molecule has 0 aromatic rings. The van der Waals surface area contributed by atoms with Gasteiger partial charge in [0.2, 0.25) is 0 Å². The van der Waals surface area contributed by atoms with Crippen molar-refractivity contribution in [3.63, 3.8) is 0 Å². The molecule has 3 rings (SSSR count). The van der Waals surface area contributed by atoms with Crippen LogP contribution < -0.4 is 0 Å². The van der Waals surface area contributed by atoms with Gasteiger partial charge in [-0.05, 0) is 92.7 Å². The monoisotopic (exact) mass is 885 g/mol. The first-order valence-corrected chi connectivity index (χ1v) is 23.2. The number of carbonyl (C=O) groups excluding carboxylic acids is 2. The van der Waals surface area contributed by atoms with Crippen molar-refractivity contribution in [1.82, 2.24) is 9.80 Å². The second-order valence-corrected chi connectivity index (χ2v) is 18.5. The Hall–Kier alpha value is -1.86. The van der Waals surface area contributed by atoms with Crippen molar-refractivity contribution < 1.29 is 63.2 Å². The number of methoxy groups -OCH3 is 2. The summed E-state index contributed by atoms with van der Waals surface area (Å²) < 4.78 is 42.6. The Kier molecular flexibility index (Phi) is 23.7. The molecule has 2 saturated heterocycles. The maximum absolute atomic E-state index is 13.9. The van der Waals surface area contributed by atoms with E-state index < -0.39 is 103 Å². The van der Waals surface area contributed by atoms with Crippen molar-refractivity contribution in [1.29, 1.82) is 0 Å². The van der Waals surface area contributed by atoms with E-state index in [-0.39, 0.29) is 24.7 Å². The third-order valence-corrected chi connectivity index (χ3v) is 13.2. The van der Waals surface area contributed by atoms with Crippen LogP contribution in [0.5, 0.6) is 0 Å². The maximum atomic E-state index is 13.9. The first-order valence-electron chi connectivity index (χ1n) is 23.2. The van der Waals surface area contributed by atoms with Crippen LogP contribution in [0.25, 0.3) is 0 Å². The number of carbonyl (C=O) groups is 2. The molecule has 15 nitrogen and oxygen atoms in total. The van der Waals surface area contributed by atoms with Gasteiger partial charge in [0, 0.05) is 32.0 Å². The molecule has 4 N–H and O–H groups in total. The number of aliphatic hydroxyl groups excluding tert-OH is 4. The van der Waals surface area contributed by atoms with E-state index in [1.807, 2.05) is 33.8 Å². The number of ether oxygens (including phenoxy) is 7. The predicted molar refractivity (Wildman–Crippen MR) is 236 cm³/mol. The molecule has 2 fully saturated rings. The molecule has 0 saturated carbocycles. The first-order chi connectivity index (χ1) is 29.4. The van der Waals surface area contributed by atoms with Crippen LogP contribution in [0.4, 0.5) is 0 Å². The Balaban J connectivity index is 2.00. The van der Waals surface area contributed by atoms with Crippen LogP contribution in [0.2, 0.25) is 0 Å². The summed E-state index contributed by atoms with van der Waals surface area (Å²) in [7, 11) is 8.62. The molecule has 0 spiro atoms. The molecule has 15 heteroatoms. The van der Waals surface area contributed by atoms with Crippen molar-refractivity contribution >= 4 is 11.8 Å². The average Bonchev–Trinajstić information content (AvgIpc) is 3.22. The minimum atomic E-state index is -1.23. The van der Waals surface area contributed by atoms with E-state index in [0.29, 0.717) is 25.8 Å². The van der Waals surface area contributed by atoms with Crippen molar-refractivity contribution in [2.24, 2.45) is 23.7 Å². The summed E-state index contributed by atoms with van der Waals surface area (Å²) in [4.78, 5) is 31.8. The van der Waals surface area contributed by atoms with Crippen LogP contribution in [-0.2, 0) is 42.7 Å². The van der Waals surface area contributed by atoms with Gasteiger partial charge < -0.3 is 63.4 Å². The van der Waals surface area contributed by atoms with Crippen molar-refractivity contribution in [3.8, 4) is 0 Å². The highest BCUT2D eigenvalue weighted by atomic mass is 16.7. The fraction of sp³-hybridized carbons (Fsp3) is 0.872. The highest BCUT2D eigenvalue weighted by Gasteiger charge is 2.48. The minimum absolute atomic E-state index is 0.0413. The molecule has 0 aromatic carbocycles. The van der Waals surface area contributed by atoms with Crippen LogP contribution in [-0.4, -0.2) is 177 Å². The lowest BCUT2D eigenvalue weighted by molar-refractivity contribution is -0.304. The lowest BCUT2D eigenvalue weighted by Gasteiger charge is -2.46. The van der Waals surface area contributed by atoms with Crippen LogP contribution in [0.15, 0.2) is 23.8 Å². The second kappa shape index (κ2) is 26.9. The van der Waals surface area contributed by atoms with Gasteiger partial charge >= 0.3 is 5.97 Å². The molecular weight excluding hydrogens is 801 g/mol. The molecule has 0 amide bonds. The van der Waals surface area contributed by atoms with Crippen LogP contribution in [0, 0.1) is 23.7 Å². The fourth-order valence-electron chi connectivity index (χ4n) is 9.17. The highest BCUT2D eigenvalue weighted by Crippen LogP contribution is 2.35. The highest BCUT2D eigenvalue weighted by molar-refractivity contribution is 5.91. The third-order valence-electron chi connectivity index (χ3n) is 13.2. The molecule has 0 aliphatic carbocycles.